The summed E-state index contributed by atoms with van der Waals surface area (Å²) in [6, 6.07) is 7.66. The minimum atomic E-state index is 0. The summed E-state index contributed by atoms with van der Waals surface area (Å²) in [6.45, 7) is 2.63. The Labute approximate surface area is 126 Å². The summed E-state index contributed by atoms with van der Waals surface area (Å²) in [4.78, 5) is 11.9. The first-order chi connectivity index (χ1) is 9.28. The Balaban J connectivity index is 0.00000200. The zero-order valence-corrected chi connectivity index (χ0v) is 12.4. The number of carbonyl (C=O) groups excluding carboxylic acids is 1. The van der Waals surface area contributed by atoms with Gasteiger partial charge >= 0.3 is 0 Å². The SMILES string of the molecule is Cl.O=C(CC1CCNCC1)NCc1cccc(CO)c1. The number of hydrogen-bond acceptors (Lipinski definition) is 3. The van der Waals surface area contributed by atoms with Crippen LogP contribution < -0.4 is 10.6 Å². The Kier molecular flexibility index (Phi) is 7.59. The molecule has 3 N–H and O–H groups in total. The summed E-state index contributed by atoms with van der Waals surface area (Å²) in [5, 5.41) is 15.3. The molecule has 1 heterocycles. The monoisotopic (exact) mass is 298 g/mol. The van der Waals surface area contributed by atoms with Crippen LogP contribution in [0.3, 0.4) is 0 Å². The summed E-state index contributed by atoms with van der Waals surface area (Å²) in [5.41, 5.74) is 1.91. The van der Waals surface area contributed by atoms with Crippen molar-refractivity contribution in [3.05, 3.63) is 35.4 Å². The van der Waals surface area contributed by atoms with E-state index in [1.54, 1.807) is 0 Å². The van der Waals surface area contributed by atoms with Crippen molar-refractivity contribution < 1.29 is 9.90 Å². The average molecular weight is 299 g/mol. The fourth-order valence-corrected chi connectivity index (χ4v) is 2.46. The zero-order chi connectivity index (χ0) is 13.5. The third-order valence-corrected chi connectivity index (χ3v) is 3.60. The molecule has 5 heteroatoms. The molecule has 0 aliphatic carbocycles. The second-order valence-corrected chi connectivity index (χ2v) is 5.15. The van der Waals surface area contributed by atoms with Gasteiger partial charge in [0.15, 0.2) is 0 Å². The Morgan fingerprint density at radius 2 is 2.00 bits per heavy atom. The summed E-state index contributed by atoms with van der Waals surface area (Å²) < 4.78 is 0. The molecule has 4 nitrogen and oxygen atoms in total. The fourth-order valence-electron chi connectivity index (χ4n) is 2.46. The van der Waals surface area contributed by atoms with Crippen LogP contribution in [0.15, 0.2) is 24.3 Å². The first-order valence-electron chi connectivity index (χ1n) is 6.94. The molecular formula is C15H23ClN2O2. The van der Waals surface area contributed by atoms with Crippen molar-refractivity contribution in [2.24, 2.45) is 5.92 Å². The van der Waals surface area contributed by atoms with E-state index < -0.39 is 0 Å². The molecular weight excluding hydrogens is 276 g/mol. The Hall–Kier alpha value is -1.10. The molecule has 0 atom stereocenters. The first kappa shape index (κ1) is 17.0. The predicted molar refractivity (Wildman–Crippen MR) is 81.7 cm³/mol. The van der Waals surface area contributed by atoms with Crippen LogP contribution >= 0.6 is 12.4 Å². The molecule has 1 saturated heterocycles. The van der Waals surface area contributed by atoms with E-state index in [-0.39, 0.29) is 24.9 Å². The number of carbonyl (C=O) groups is 1. The highest BCUT2D eigenvalue weighted by Crippen LogP contribution is 2.15. The van der Waals surface area contributed by atoms with Crippen LogP contribution in [0, 0.1) is 5.92 Å². The summed E-state index contributed by atoms with van der Waals surface area (Å²) >= 11 is 0. The molecule has 1 aliphatic rings. The molecule has 1 aromatic carbocycles. The molecule has 1 aromatic rings. The Morgan fingerprint density at radius 1 is 1.30 bits per heavy atom. The van der Waals surface area contributed by atoms with Crippen LogP contribution in [0.1, 0.15) is 30.4 Å². The molecule has 0 saturated carbocycles. The van der Waals surface area contributed by atoms with Gasteiger partial charge in [0, 0.05) is 13.0 Å². The van der Waals surface area contributed by atoms with Gasteiger partial charge in [0.05, 0.1) is 6.61 Å². The van der Waals surface area contributed by atoms with Gasteiger partial charge in [0.25, 0.3) is 0 Å². The van der Waals surface area contributed by atoms with Crippen LogP contribution in [0.5, 0.6) is 0 Å². The van der Waals surface area contributed by atoms with Crippen LogP contribution in [0.4, 0.5) is 0 Å². The quantitative estimate of drug-likeness (QED) is 0.774. The molecule has 1 aliphatic heterocycles. The number of amides is 1. The van der Waals surface area contributed by atoms with Crippen LogP contribution in [0.25, 0.3) is 0 Å². The lowest BCUT2D eigenvalue weighted by atomic mass is 9.94. The minimum Gasteiger partial charge on any atom is -0.392 e. The summed E-state index contributed by atoms with van der Waals surface area (Å²) in [7, 11) is 0. The summed E-state index contributed by atoms with van der Waals surface area (Å²) in [6.07, 6.45) is 2.81. The topological polar surface area (TPSA) is 61.4 Å². The van der Waals surface area contributed by atoms with Gasteiger partial charge in [-0.3, -0.25) is 4.79 Å². The highest BCUT2D eigenvalue weighted by atomic mass is 35.5. The second kappa shape index (κ2) is 8.95. The third kappa shape index (κ3) is 5.49. The second-order valence-electron chi connectivity index (χ2n) is 5.15. The normalized spacial score (nSPS) is 15.4. The molecule has 0 bridgehead atoms. The van der Waals surface area contributed by atoms with Gasteiger partial charge < -0.3 is 15.7 Å². The molecule has 20 heavy (non-hydrogen) atoms. The fraction of sp³-hybridized carbons (Fsp3) is 0.533. The van der Waals surface area contributed by atoms with E-state index in [2.05, 4.69) is 10.6 Å². The Morgan fingerprint density at radius 3 is 2.70 bits per heavy atom. The number of nitrogens with one attached hydrogen (secondary N) is 2. The van der Waals surface area contributed by atoms with Gasteiger partial charge in [-0.2, -0.15) is 0 Å². The average Bonchev–Trinajstić information content (AvgIpc) is 2.46. The first-order valence-corrected chi connectivity index (χ1v) is 6.94. The molecule has 112 valence electrons. The number of aliphatic hydroxyl groups excluding tert-OH is 1. The molecule has 1 amide bonds. The maximum Gasteiger partial charge on any atom is 0.220 e. The highest BCUT2D eigenvalue weighted by molar-refractivity contribution is 5.85. The van der Waals surface area contributed by atoms with Gasteiger partial charge in [-0.15, -0.1) is 12.4 Å². The number of rotatable bonds is 5. The van der Waals surface area contributed by atoms with Gasteiger partial charge in [-0.05, 0) is 43.0 Å². The maximum atomic E-state index is 11.9. The lowest BCUT2D eigenvalue weighted by molar-refractivity contribution is -0.122. The molecule has 1 fully saturated rings. The Bertz CT molecular complexity index is 420. The van der Waals surface area contributed by atoms with E-state index in [0.29, 0.717) is 18.9 Å². The van der Waals surface area contributed by atoms with E-state index in [1.165, 1.54) is 0 Å². The van der Waals surface area contributed by atoms with Crippen LogP contribution in [0.2, 0.25) is 0 Å². The maximum absolute atomic E-state index is 11.9. The number of hydrogen-bond donors (Lipinski definition) is 3. The van der Waals surface area contributed by atoms with Gasteiger partial charge in [-0.1, -0.05) is 24.3 Å². The van der Waals surface area contributed by atoms with Crippen LogP contribution in [-0.4, -0.2) is 24.1 Å². The van der Waals surface area contributed by atoms with Gasteiger partial charge in [0.1, 0.15) is 0 Å². The van der Waals surface area contributed by atoms with Crippen molar-refractivity contribution in [2.45, 2.75) is 32.4 Å². The predicted octanol–water partition coefficient (Wildman–Crippen LogP) is 1.61. The standard InChI is InChI=1S/C15H22N2O2.ClH/c18-11-14-3-1-2-13(8-14)10-17-15(19)9-12-4-6-16-7-5-12;/h1-3,8,12,16,18H,4-7,9-11H2,(H,17,19);1H. The molecule has 0 aromatic heterocycles. The molecule has 0 radical (unpaired) electrons. The van der Waals surface area contributed by atoms with E-state index in [4.69, 9.17) is 5.11 Å². The number of halogens is 1. The van der Waals surface area contributed by atoms with Crippen molar-refractivity contribution in [3.63, 3.8) is 0 Å². The van der Waals surface area contributed by atoms with Crippen molar-refractivity contribution in [3.8, 4) is 0 Å². The minimum absolute atomic E-state index is 0. The number of aliphatic hydroxyl groups is 1. The lowest BCUT2D eigenvalue weighted by Crippen LogP contribution is -2.32. The van der Waals surface area contributed by atoms with E-state index in [0.717, 1.165) is 37.1 Å². The van der Waals surface area contributed by atoms with E-state index >= 15 is 0 Å². The lowest BCUT2D eigenvalue weighted by Gasteiger charge is -2.21. The van der Waals surface area contributed by atoms with Gasteiger partial charge in [-0.25, -0.2) is 0 Å². The highest BCUT2D eigenvalue weighted by Gasteiger charge is 2.16. The van der Waals surface area contributed by atoms with Gasteiger partial charge in [0.2, 0.25) is 5.91 Å². The number of piperidine rings is 1. The molecule has 2 rings (SSSR count). The third-order valence-electron chi connectivity index (χ3n) is 3.60. The zero-order valence-electron chi connectivity index (χ0n) is 11.6. The number of benzene rings is 1. The van der Waals surface area contributed by atoms with Crippen molar-refractivity contribution in [2.75, 3.05) is 13.1 Å². The van der Waals surface area contributed by atoms with E-state index in [9.17, 15) is 4.79 Å². The van der Waals surface area contributed by atoms with Crippen LogP contribution in [-0.2, 0) is 17.9 Å². The van der Waals surface area contributed by atoms with E-state index in [1.807, 2.05) is 24.3 Å². The van der Waals surface area contributed by atoms with Crippen molar-refractivity contribution >= 4 is 18.3 Å². The molecule has 0 spiro atoms. The van der Waals surface area contributed by atoms with Crippen molar-refractivity contribution in [1.82, 2.24) is 10.6 Å². The summed E-state index contributed by atoms with van der Waals surface area (Å²) in [5.74, 6) is 0.645. The smallest absolute Gasteiger partial charge is 0.220 e. The largest absolute Gasteiger partial charge is 0.392 e. The molecule has 0 unspecified atom stereocenters. The van der Waals surface area contributed by atoms with Crippen molar-refractivity contribution in [1.29, 1.82) is 0 Å².